The summed E-state index contributed by atoms with van der Waals surface area (Å²) in [6.45, 7) is 2.58. The van der Waals surface area contributed by atoms with Crippen LogP contribution in [0.25, 0.3) is 10.2 Å². The lowest BCUT2D eigenvalue weighted by Gasteiger charge is -2.23. The molecule has 4 rings (SSSR count). The Balaban J connectivity index is 1.73. The molecule has 0 N–H and O–H groups in total. The Labute approximate surface area is 156 Å². The zero-order chi connectivity index (χ0) is 17.9. The Morgan fingerprint density at radius 1 is 1.00 bits per heavy atom. The van der Waals surface area contributed by atoms with Gasteiger partial charge in [0.1, 0.15) is 0 Å². The zero-order valence-electron chi connectivity index (χ0n) is 14.4. The minimum absolute atomic E-state index is 0.00648. The molecule has 4 aromatic rings. The smallest absolute Gasteiger partial charge is 0.258 e. The Morgan fingerprint density at radius 2 is 1.77 bits per heavy atom. The molecule has 0 spiro atoms. The van der Waals surface area contributed by atoms with Gasteiger partial charge in [0.05, 0.1) is 22.3 Å². The van der Waals surface area contributed by atoms with E-state index in [4.69, 9.17) is 0 Å². The second-order valence-corrected chi connectivity index (χ2v) is 7.13. The number of amides is 1. The summed E-state index contributed by atoms with van der Waals surface area (Å²) >= 11 is 1.55. The molecule has 0 saturated carbocycles. The molecule has 0 unspecified atom stereocenters. The second kappa shape index (κ2) is 7.10. The summed E-state index contributed by atoms with van der Waals surface area (Å²) in [6.07, 6.45) is 0. The van der Waals surface area contributed by atoms with Crippen LogP contribution in [0.2, 0.25) is 0 Å². The van der Waals surface area contributed by atoms with Crippen molar-refractivity contribution in [3.63, 3.8) is 0 Å². The van der Waals surface area contributed by atoms with E-state index in [0.29, 0.717) is 12.1 Å². The number of hydrogen-bond donors (Lipinski definition) is 0. The van der Waals surface area contributed by atoms with Gasteiger partial charge in [0, 0.05) is 11.3 Å². The molecular weight excluding hydrogens is 340 g/mol. The molecule has 1 aromatic heterocycles. The minimum Gasteiger partial charge on any atom is -0.304 e. The van der Waals surface area contributed by atoms with Crippen LogP contribution in [-0.4, -0.2) is 10.9 Å². The van der Waals surface area contributed by atoms with Crippen molar-refractivity contribution < 1.29 is 4.79 Å². The van der Waals surface area contributed by atoms with Crippen molar-refractivity contribution in [1.29, 1.82) is 0 Å². The number of carbonyl (C=O) groups excluding carboxylic acids is 1. The summed E-state index contributed by atoms with van der Waals surface area (Å²) in [4.78, 5) is 19.4. The van der Waals surface area contributed by atoms with Crippen molar-refractivity contribution in [3.8, 4) is 0 Å². The first-order valence-corrected chi connectivity index (χ1v) is 9.34. The quantitative estimate of drug-likeness (QED) is 0.486. The number of anilines is 1. The van der Waals surface area contributed by atoms with E-state index in [9.17, 15) is 4.79 Å². The predicted molar refractivity (Wildman–Crippen MR) is 108 cm³/mol. The van der Waals surface area contributed by atoms with Crippen LogP contribution in [0.3, 0.4) is 0 Å². The number of carbonyl (C=O) groups is 1. The van der Waals surface area contributed by atoms with Crippen LogP contribution < -0.4 is 4.90 Å². The van der Waals surface area contributed by atoms with Crippen LogP contribution >= 0.6 is 11.3 Å². The normalized spacial score (nSPS) is 10.8. The van der Waals surface area contributed by atoms with E-state index in [0.717, 1.165) is 21.5 Å². The molecule has 0 atom stereocenters. The van der Waals surface area contributed by atoms with Gasteiger partial charge in [0.25, 0.3) is 5.91 Å². The van der Waals surface area contributed by atoms with Crippen LogP contribution in [0.1, 0.15) is 21.5 Å². The van der Waals surface area contributed by atoms with Crippen LogP contribution in [0.4, 0.5) is 5.69 Å². The molecule has 1 heterocycles. The molecule has 4 heteroatoms. The molecule has 3 nitrogen and oxygen atoms in total. The lowest BCUT2D eigenvalue weighted by Crippen LogP contribution is -2.30. The van der Waals surface area contributed by atoms with Crippen molar-refractivity contribution >= 4 is 33.1 Å². The Hall–Kier alpha value is -2.98. The maximum Gasteiger partial charge on any atom is 0.258 e. The Kier molecular flexibility index (Phi) is 4.50. The highest BCUT2D eigenvalue weighted by Crippen LogP contribution is 2.24. The van der Waals surface area contributed by atoms with E-state index in [2.05, 4.69) is 4.98 Å². The van der Waals surface area contributed by atoms with Crippen LogP contribution in [0.15, 0.2) is 78.3 Å². The van der Waals surface area contributed by atoms with Gasteiger partial charge >= 0.3 is 0 Å². The number of rotatable bonds is 4. The topological polar surface area (TPSA) is 33.2 Å². The number of aryl methyl sites for hydroxylation is 1. The summed E-state index contributed by atoms with van der Waals surface area (Å²) in [7, 11) is 0. The highest BCUT2D eigenvalue weighted by Gasteiger charge is 2.19. The standard InChI is InChI=1S/C22H18N2OS/c1-16-7-10-19(11-8-16)24(14-17-5-3-2-4-6-17)22(25)18-9-12-20-21(13-18)26-15-23-20/h2-13,15H,14H2,1H3. The zero-order valence-corrected chi connectivity index (χ0v) is 15.2. The molecule has 0 fully saturated rings. The monoisotopic (exact) mass is 358 g/mol. The molecule has 26 heavy (non-hydrogen) atoms. The van der Waals surface area contributed by atoms with Gasteiger partial charge < -0.3 is 4.90 Å². The molecule has 0 aliphatic heterocycles. The van der Waals surface area contributed by atoms with Crippen molar-refractivity contribution in [2.45, 2.75) is 13.5 Å². The fourth-order valence-corrected chi connectivity index (χ4v) is 3.63. The van der Waals surface area contributed by atoms with E-state index < -0.39 is 0 Å². The highest BCUT2D eigenvalue weighted by atomic mass is 32.1. The van der Waals surface area contributed by atoms with Crippen molar-refractivity contribution in [3.05, 3.63) is 95.0 Å². The lowest BCUT2D eigenvalue weighted by atomic mass is 10.1. The third kappa shape index (κ3) is 3.37. The van der Waals surface area contributed by atoms with E-state index in [1.807, 2.05) is 84.6 Å². The minimum atomic E-state index is -0.00648. The molecule has 0 aliphatic rings. The van der Waals surface area contributed by atoms with Crippen LogP contribution in [0, 0.1) is 6.92 Å². The van der Waals surface area contributed by atoms with Gasteiger partial charge in [-0.2, -0.15) is 0 Å². The van der Waals surface area contributed by atoms with Gasteiger partial charge in [0.2, 0.25) is 0 Å². The number of fused-ring (bicyclic) bond motifs is 1. The lowest BCUT2D eigenvalue weighted by molar-refractivity contribution is 0.0985. The summed E-state index contributed by atoms with van der Waals surface area (Å²) in [5.41, 5.74) is 6.58. The maximum atomic E-state index is 13.3. The molecule has 128 valence electrons. The average molecular weight is 358 g/mol. The molecule has 3 aromatic carbocycles. The SMILES string of the molecule is Cc1ccc(N(Cc2ccccc2)C(=O)c2ccc3ncsc3c2)cc1. The van der Waals surface area contributed by atoms with E-state index >= 15 is 0 Å². The van der Waals surface area contributed by atoms with Crippen LogP contribution in [-0.2, 0) is 6.54 Å². The fraction of sp³-hybridized carbons (Fsp3) is 0.0909. The summed E-state index contributed by atoms with van der Waals surface area (Å²) < 4.78 is 1.03. The first kappa shape index (κ1) is 16.5. The largest absolute Gasteiger partial charge is 0.304 e. The van der Waals surface area contributed by atoms with Crippen molar-refractivity contribution in [2.24, 2.45) is 0 Å². The number of thiazole rings is 1. The average Bonchev–Trinajstić information content (AvgIpc) is 3.15. The van der Waals surface area contributed by atoms with E-state index in [1.54, 1.807) is 16.8 Å². The third-order valence-electron chi connectivity index (χ3n) is 4.35. The van der Waals surface area contributed by atoms with Gasteiger partial charge in [-0.25, -0.2) is 4.98 Å². The summed E-state index contributed by atoms with van der Waals surface area (Å²) in [5, 5.41) is 0. The molecule has 0 saturated heterocycles. The van der Waals surface area contributed by atoms with E-state index in [-0.39, 0.29) is 5.91 Å². The van der Waals surface area contributed by atoms with Gasteiger partial charge in [-0.1, -0.05) is 48.0 Å². The Bertz CT molecular complexity index is 1040. The fourth-order valence-electron chi connectivity index (χ4n) is 2.92. The number of hydrogen-bond acceptors (Lipinski definition) is 3. The van der Waals surface area contributed by atoms with E-state index in [1.165, 1.54) is 5.56 Å². The van der Waals surface area contributed by atoms with Gasteiger partial charge in [0.15, 0.2) is 0 Å². The molecule has 0 aliphatic carbocycles. The Morgan fingerprint density at radius 3 is 2.54 bits per heavy atom. The van der Waals surface area contributed by atoms with Gasteiger partial charge in [-0.15, -0.1) is 11.3 Å². The molecule has 0 radical (unpaired) electrons. The first-order valence-electron chi connectivity index (χ1n) is 8.46. The third-order valence-corrected chi connectivity index (χ3v) is 5.14. The predicted octanol–water partition coefficient (Wildman–Crippen LogP) is 5.45. The first-order chi connectivity index (χ1) is 12.7. The summed E-state index contributed by atoms with van der Waals surface area (Å²) in [6, 6.07) is 23.8. The number of nitrogens with zero attached hydrogens (tertiary/aromatic N) is 2. The molecule has 1 amide bonds. The van der Waals surface area contributed by atoms with Gasteiger partial charge in [-0.3, -0.25) is 4.79 Å². The number of benzene rings is 3. The highest BCUT2D eigenvalue weighted by molar-refractivity contribution is 7.16. The summed E-state index contributed by atoms with van der Waals surface area (Å²) in [5.74, 6) is -0.00648. The van der Waals surface area contributed by atoms with Crippen LogP contribution in [0.5, 0.6) is 0 Å². The number of aromatic nitrogens is 1. The van der Waals surface area contributed by atoms with Crippen molar-refractivity contribution in [2.75, 3.05) is 4.90 Å². The van der Waals surface area contributed by atoms with Gasteiger partial charge in [-0.05, 0) is 42.8 Å². The van der Waals surface area contributed by atoms with Crippen molar-refractivity contribution in [1.82, 2.24) is 4.98 Å². The maximum absolute atomic E-state index is 13.3. The molecular formula is C22H18N2OS. The second-order valence-electron chi connectivity index (χ2n) is 6.25. The molecule has 0 bridgehead atoms.